The van der Waals surface area contributed by atoms with Gasteiger partial charge in [-0.05, 0) is 18.2 Å². The molecular formula is C12H14Cl2N2O2. The van der Waals surface area contributed by atoms with Crippen LogP contribution in [-0.4, -0.2) is 35.7 Å². The average molecular weight is 289 g/mol. The molecule has 1 fully saturated rings. The molecule has 1 saturated heterocycles. The predicted octanol–water partition coefficient (Wildman–Crippen LogP) is 2.75. The smallest absolute Gasteiger partial charge is 0.309 e. The van der Waals surface area contributed by atoms with Crippen LogP contribution in [0.3, 0.4) is 0 Å². The Labute approximate surface area is 116 Å². The molecule has 0 aliphatic carbocycles. The fraction of sp³-hybridized carbons (Fsp3) is 0.417. The number of hydrogen-bond donors (Lipinski definition) is 1. The minimum Gasteiger partial charge on any atom is -0.481 e. The summed E-state index contributed by atoms with van der Waals surface area (Å²) in [7, 11) is 0. The Kier molecular flexibility index (Phi) is 4.00. The zero-order valence-electron chi connectivity index (χ0n) is 9.94. The lowest BCUT2D eigenvalue weighted by Crippen LogP contribution is -2.36. The Morgan fingerprint density at radius 1 is 1.44 bits per heavy atom. The Morgan fingerprint density at radius 2 is 2.17 bits per heavy atom. The highest BCUT2D eigenvalue weighted by atomic mass is 35.5. The molecule has 0 radical (unpaired) electrons. The summed E-state index contributed by atoms with van der Waals surface area (Å²) < 4.78 is 0. The molecule has 18 heavy (non-hydrogen) atoms. The van der Waals surface area contributed by atoms with E-state index in [9.17, 15) is 4.79 Å². The van der Waals surface area contributed by atoms with Crippen molar-refractivity contribution in [3.8, 4) is 0 Å². The Morgan fingerprint density at radius 3 is 2.72 bits per heavy atom. The van der Waals surface area contributed by atoms with Crippen LogP contribution in [0.15, 0.2) is 18.2 Å². The molecular weight excluding hydrogens is 275 g/mol. The molecule has 2 rings (SSSR count). The number of benzene rings is 1. The summed E-state index contributed by atoms with van der Waals surface area (Å²) in [6.45, 7) is 3.67. The third kappa shape index (κ3) is 2.55. The summed E-state index contributed by atoms with van der Waals surface area (Å²) in [5, 5.41) is 14.1. The Bertz CT molecular complexity index is 467. The summed E-state index contributed by atoms with van der Waals surface area (Å²) in [6, 6.07) is 5.24. The van der Waals surface area contributed by atoms with E-state index in [2.05, 4.69) is 0 Å². The van der Waals surface area contributed by atoms with Gasteiger partial charge in [-0.25, -0.2) is 5.01 Å². The van der Waals surface area contributed by atoms with Crippen LogP contribution in [0.4, 0.5) is 5.69 Å². The molecule has 1 unspecified atom stereocenters. The van der Waals surface area contributed by atoms with Crippen molar-refractivity contribution in [1.82, 2.24) is 5.01 Å². The van der Waals surface area contributed by atoms with Crippen molar-refractivity contribution in [3.63, 3.8) is 0 Å². The first kappa shape index (κ1) is 13.5. The lowest BCUT2D eigenvalue weighted by molar-refractivity contribution is -0.140. The van der Waals surface area contributed by atoms with Crippen LogP contribution in [0.25, 0.3) is 0 Å². The number of carboxylic acid groups (broad SMARTS) is 1. The van der Waals surface area contributed by atoms with Crippen molar-refractivity contribution in [3.05, 3.63) is 28.2 Å². The summed E-state index contributed by atoms with van der Waals surface area (Å²) >= 11 is 12.0. The third-order valence-corrected chi connectivity index (χ3v) is 3.61. The molecule has 0 amide bonds. The van der Waals surface area contributed by atoms with Crippen molar-refractivity contribution >= 4 is 34.9 Å². The van der Waals surface area contributed by atoms with Crippen molar-refractivity contribution in [2.45, 2.75) is 6.92 Å². The maximum absolute atomic E-state index is 11.1. The minimum absolute atomic E-state index is 0.392. The highest BCUT2D eigenvalue weighted by Crippen LogP contribution is 2.33. The lowest BCUT2D eigenvalue weighted by Gasteiger charge is -2.29. The number of carbonyl (C=O) groups is 1. The highest BCUT2D eigenvalue weighted by molar-refractivity contribution is 6.36. The van der Waals surface area contributed by atoms with Gasteiger partial charge in [0.15, 0.2) is 0 Å². The lowest BCUT2D eigenvalue weighted by atomic mass is 10.1. The van der Waals surface area contributed by atoms with E-state index >= 15 is 0 Å². The zero-order chi connectivity index (χ0) is 13.3. The van der Waals surface area contributed by atoms with E-state index in [-0.39, 0.29) is 0 Å². The molecule has 1 aliphatic rings. The molecule has 0 spiro atoms. The molecule has 0 saturated carbocycles. The summed E-state index contributed by atoms with van der Waals surface area (Å²) in [5.41, 5.74) is 0.798. The molecule has 1 N–H and O–H groups in total. The van der Waals surface area contributed by atoms with Crippen LogP contribution in [0.5, 0.6) is 0 Å². The van der Waals surface area contributed by atoms with Crippen LogP contribution in [0.1, 0.15) is 6.92 Å². The number of nitrogens with zero attached hydrogens (tertiary/aromatic N) is 2. The molecule has 0 aromatic heterocycles. The molecule has 98 valence electrons. The first-order valence-corrected chi connectivity index (χ1v) is 6.48. The maximum atomic E-state index is 11.1. The van der Waals surface area contributed by atoms with Gasteiger partial charge in [-0.1, -0.05) is 30.1 Å². The molecule has 1 aromatic carbocycles. The SMILES string of the molecule is CCN1CC(C(=O)O)CN1c1ccc(Cl)cc1Cl. The second-order valence-corrected chi connectivity index (χ2v) is 5.06. The van der Waals surface area contributed by atoms with E-state index in [1.807, 2.05) is 23.0 Å². The van der Waals surface area contributed by atoms with Crippen molar-refractivity contribution in [1.29, 1.82) is 0 Å². The van der Waals surface area contributed by atoms with Crippen molar-refractivity contribution in [2.75, 3.05) is 24.6 Å². The fourth-order valence-electron chi connectivity index (χ4n) is 2.13. The highest BCUT2D eigenvalue weighted by Gasteiger charge is 2.34. The van der Waals surface area contributed by atoms with Crippen LogP contribution in [0.2, 0.25) is 10.0 Å². The summed E-state index contributed by atoms with van der Waals surface area (Å²) in [6.07, 6.45) is 0. The molecule has 1 aromatic rings. The van der Waals surface area contributed by atoms with E-state index in [4.69, 9.17) is 28.3 Å². The standard InChI is InChI=1S/C12H14Cl2N2O2/c1-2-15-6-8(12(17)18)7-16(15)11-4-3-9(13)5-10(11)14/h3-5,8H,2,6-7H2,1H3,(H,17,18). The van der Waals surface area contributed by atoms with Gasteiger partial charge in [0.25, 0.3) is 0 Å². The van der Waals surface area contributed by atoms with Gasteiger partial charge in [-0.15, -0.1) is 0 Å². The normalized spacial score (nSPS) is 20.4. The molecule has 6 heteroatoms. The number of rotatable bonds is 3. The number of hydrogen-bond acceptors (Lipinski definition) is 3. The minimum atomic E-state index is -0.777. The Hall–Kier alpha value is -0.970. The van der Waals surface area contributed by atoms with Gasteiger partial charge < -0.3 is 10.1 Å². The molecule has 4 nitrogen and oxygen atoms in total. The van der Waals surface area contributed by atoms with Gasteiger partial charge in [0, 0.05) is 24.7 Å². The van der Waals surface area contributed by atoms with Crippen LogP contribution >= 0.6 is 23.2 Å². The molecule has 0 bridgehead atoms. The molecule has 1 atom stereocenters. The van der Waals surface area contributed by atoms with Gasteiger partial charge in [-0.2, -0.15) is 0 Å². The number of aliphatic carboxylic acids is 1. The van der Waals surface area contributed by atoms with E-state index in [1.54, 1.807) is 12.1 Å². The van der Waals surface area contributed by atoms with E-state index < -0.39 is 11.9 Å². The van der Waals surface area contributed by atoms with E-state index in [0.717, 1.165) is 12.2 Å². The monoisotopic (exact) mass is 288 g/mol. The van der Waals surface area contributed by atoms with Gasteiger partial charge >= 0.3 is 5.97 Å². The number of anilines is 1. The molecule has 1 heterocycles. The second-order valence-electron chi connectivity index (χ2n) is 4.22. The third-order valence-electron chi connectivity index (χ3n) is 3.07. The van der Waals surface area contributed by atoms with Crippen LogP contribution < -0.4 is 5.01 Å². The van der Waals surface area contributed by atoms with Gasteiger partial charge in [-0.3, -0.25) is 4.79 Å². The summed E-state index contributed by atoms with van der Waals surface area (Å²) in [5.74, 6) is -1.17. The first-order chi connectivity index (χ1) is 8.52. The number of carboxylic acids is 1. The maximum Gasteiger partial charge on any atom is 0.309 e. The van der Waals surface area contributed by atoms with Gasteiger partial charge in [0.1, 0.15) is 0 Å². The quantitative estimate of drug-likeness (QED) is 0.929. The Balaban J connectivity index is 2.28. The van der Waals surface area contributed by atoms with E-state index in [1.165, 1.54) is 0 Å². The van der Waals surface area contributed by atoms with Crippen molar-refractivity contribution < 1.29 is 9.90 Å². The van der Waals surface area contributed by atoms with Gasteiger partial charge in [0.05, 0.1) is 16.6 Å². The topological polar surface area (TPSA) is 43.8 Å². The number of halogens is 2. The second kappa shape index (κ2) is 5.34. The average Bonchev–Trinajstić information content (AvgIpc) is 2.73. The zero-order valence-corrected chi connectivity index (χ0v) is 11.4. The van der Waals surface area contributed by atoms with Gasteiger partial charge in [0.2, 0.25) is 0 Å². The largest absolute Gasteiger partial charge is 0.481 e. The molecule has 1 aliphatic heterocycles. The van der Waals surface area contributed by atoms with Crippen molar-refractivity contribution in [2.24, 2.45) is 5.92 Å². The number of hydrazine groups is 1. The summed E-state index contributed by atoms with van der Waals surface area (Å²) in [4.78, 5) is 11.1. The first-order valence-electron chi connectivity index (χ1n) is 5.73. The van der Waals surface area contributed by atoms with Crippen LogP contribution in [0, 0.1) is 5.92 Å². The predicted molar refractivity (Wildman–Crippen MR) is 72.2 cm³/mol. The van der Waals surface area contributed by atoms with Crippen LogP contribution in [-0.2, 0) is 4.79 Å². The van der Waals surface area contributed by atoms with E-state index in [0.29, 0.717) is 23.1 Å². The fourth-order valence-corrected chi connectivity index (χ4v) is 2.64.